The summed E-state index contributed by atoms with van der Waals surface area (Å²) in [7, 11) is -0.159. The normalized spacial score (nSPS) is 15.5. The van der Waals surface area contributed by atoms with Crippen LogP contribution in [0.25, 0.3) is 0 Å². The van der Waals surface area contributed by atoms with E-state index >= 15 is 0 Å². The van der Waals surface area contributed by atoms with Gasteiger partial charge in [-0.15, -0.1) is 0 Å². The Hall–Kier alpha value is -2.13. The van der Waals surface area contributed by atoms with Gasteiger partial charge in [-0.3, -0.25) is 10.0 Å². The minimum atomic E-state index is -1.57. The predicted molar refractivity (Wildman–Crippen MR) is 117 cm³/mol. The van der Waals surface area contributed by atoms with E-state index < -0.39 is 16.9 Å². The molecule has 7 nitrogen and oxygen atoms in total. The van der Waals surface area contributed by atoms with Gasteiger partial charge in [0.25, 0.3) is 5.91 Å². The summed E-state index contributed by atoms with van der Waals surface area (Å²) in [6, 6.07) is 12.0. The topological polar surface area (TPSA) is 88.1 Å². The summed E-state index contributed by atoms with van der Waals surface area (Å²) < 4.78 is 26.0. The molecule has 0 radical (unpaired) electrons. The van der Waals surface area contributed by atoms with Crippen LogP contribution in [-0.2, 0) is 11.0 Å². The van der Waals surface area contributed by atoms with E-state index in [1.54, 1.807) is 40.1 Å². The number of benzene rings is 2. The first kappa shape index (κ1) is 24.1. The van der Waals surface area contributed by atoms with Crippen molar-refractivity contribution in [3.05, 3.63) is 53.1 Å². The Morgan fingerprint density at radius 3 is 2.37 bits per heavy atom. The molecule has 9 heteroatoms. The Bertz CT molecular complexity index is 855. The second kappa shape index (κ2) is 11.9. The van der Waals surface area contributed by atoms with Crippen molar-refractivity contribution in [3.63, 3.8) is 0 Å². The van der Waals surface area contributed by atoms with Crippen molar-refractivity contribution in [2.75, 3.05) is 20.2 Å². The Kier molecular flexibility index (Phi) is 9.58. The van der Waals surface area contributed by atoms with Gasteiger partial charge in [0.15, 0.2) is 0 Å². The summed E-state index contributed by atoms with van der Waals surface area (Å²) >= 11 is 5.88. The second-order valence-corrected chi connectivity index (χ2v) is 8.11. The molecule has 0 bridgehead atoms. The number of methoxy groups -OCH3 is 1. The summed E-state index contributed by atoms with van der Waals surface area (Å²) in [5, 5.41) is 9.68. The molecule has 30 heavy (non-hydrogen) atoms. The summed E-state index contributed by atoms with van der Waals surface area (Å²) in [5.41, 5.74) is 1.65. The monoisotopic (exact) mass is 454 g/mol. The lowest BCUT2D eigenvalue weighted by Gasteiger charge is -2.31. The number of halogens is 1. The van der Waals surface area contributed by atoms with Crippen LogP contribution < -0.4 is 15.0 Å². The van der Waals surface area contributed by atoms with Crippen molar-refractivity contribution in [2.24, 2.45) is 0 Å². The van der Waals surface area contributed by atoms with Gasteiger partial charge in [-0.05, 0) is 49.2 Å². The Labute approximate surface area is 184 Å². The summed E-state index contributed by atoms with van der Waals surface area (Å²) in [6.07, 6.45) is 1.40. The van der Waals surface area contributed by atoms with E-state index in [1.807, 2.05) is 26.0 Å². The van der Waals surface area contributed by atoms with Crippen LogP contribution in [0, 0.1) is 0 Å². The van der Waals surface area contributed by atoms with Gasteiger partial charge in [-0.1, -0.05) is 31.5 Å². The van der Waals surface area contributed by atoms with Gasteiger partial charge < -0.3 is 9.47 Å². The maximum absolute atomic E-state index is 13.1. The third-order valence-electron chi connectivity index (χ3n) is 4.48. The molecule has 1 unspecified atom stereocenters. The van der Waals surface area contributed by atoms with Gasteiger partial charge in [0.1, 0.15) is 34.2 Å². The second-order valence-electron chi connectivity index (χ2n) is 6.22. The molecule has 1 amide bonds. The highest BCUT2D eigenvalue weighted by Crippen LogP contribution is 2.28. The fraction of sp³-hybridized carbons (Fsp3) is 0.381. The number of carbonyl (C=O) groups excluding carboxylic acids is 1. The van der Waals surface area contributed by atoms with Gasteiger partial charge in [-0.2, -0.15) is 0 Å². The highest BCUT2D eigenvalue weighted by molar-refractivity contribution is 7.82. The zero-order chi connectivity index (χ0) is 22.1. The van der Waals surface area contributed by atoms with Crippen LogP contribution in [0.5, 0.6) is 11.5 Å². The fourth-order valence-electron chi connectivity index (χ4n) is 3.07. The molecule has 2 N–H and O–H groups in total. The number of nitrogens with one attached hydrogen (secondary N) is 1. The number of hydrogen-bond donors (Lipinski definition) is 2. The first-order valence-electron chi connectivity index (χ1n) is 9.74. The predicted octanol–water partition coefficient (Wildman–Crippen LogP) is 4.06. The highest BCUT2D eigenvalue weighted by atomic mass is 35.5. The Morgan fingerprint density at radius 1 is 1.17 bits per heavy atom. The van der Waals surface area contributed by atoms with Crippen molar-refractivity contribution in [2.45, 2.75) is 37.7 Å². The van der Waals surface area contributed by atoms with Crippen molar-refractivity contribution in [1.82, 2.24) is 9.79 Å². The molecule has 2 aromatic carbocycles. The molecular formula is C21H27ClN2O5S. The number of hydroxylamine groups is 1. The average Bonchev–Trinajstić information content (AvgIpc) is 2.80. The maximum atomic E-state index is 13.1. The maximum Gasteiger partial charge on any atom is 0.279 e. The van der Waals surface area contributed by atoms with E-state index in [1.165, 1.54) is 7.11 Å². The largest absolute Gasteiger partial charge is 0.496 e. The minimum Gasteiger partial charge on any atom is -0.496 e. The molecule has 1 aliphatic rings. The van der Waals surface area contributed by atoms with Gasteiger partial charge in [0, 0.05) is 18.1 Å². The van der Waals surface area contributed by atoms with Crippen LogP contribution in [-0.4, -0.2) is 45.9 Å². The standard InChI is InChI=1S/C19H21ClN2O5S.C2H6/c1-26-16-3-2-4-17(18(16)19(23)21-24)28(25)22-11-9-15(10-12-22)27-14-7-5-13(20)6-8-14;1-2/h2-8,15,24H,9-12H2,1H3,(H,21,23);1-2H3. The fourth-order valence-corrected chi connectivity index (χ4v) is 4.58. The zero-order valence-electron chi connectivity index (χ0n) is 17.3. The lowest BCUT2D eigenvalue weighted by molar-refractivity contribution is 0.0699. The smallest absolute Gasteiger partial charge is 0.279 e. The number of carbonyl (C=O) groups is 1. The van der Waals surface area contributed by atoms with E-state index in [4.69, 9.17) is 26.3 Å². The molecule has 0 saturated carbocycles. The van der Waals surface area contributed by atoms with Crippen molar-refractivity contribution in [1.29, 1.82) is 0 Å². The molecule has 164 valence electrons. The molecule has 0 spiro atoms. The first-order valence-corrected chi connectivity index (χ1v) is 11.2. The lowest BCUT2D eigenvalue weighted by atomic mass is 10.1. The van der Waals surface area contributed by atoms with Crippen LogP contribution in [0.1, 0.15) is 37.0 Å². The molecule has 1 saturated heterocycles. The van der Waals surface area contributed by atoms with Gasteiger partial charge in [-0.25, -0.2) is 14.0 Å². The van der Waals surface area contributed by atoms with E-state index in [2.05, 4.69) is 0 Å². The van der Waals surface area contributed by atoms with Crippen LogP contribution in [0.2, 0.25) is 5.02 Å². The van der Waals surface area contributed by atoms with Gasteiger partial charge in [0.05, 0.1) is 12.0 Å². The third-order valence-corrected chi connectivity index (χ3v) is 6.28. The van der Waals surface area contributed by atoms with Crippen LogP contribution in [0.3, 0.4) is 0 Å². The number of rotatable bonds is 6. The van der Waals surface area contributed by atoms with Gasteiger partial charge in [0.2, 0.25) is 0 Å². The lowest BCUT2D eigenvalue weighted by Crippen LogP contribution is -2.39. The molecule has 3 rings (SSSR count). The molecule has 0 aromatic heterocycles. The van der Waals surface area contributed by atoms with Crippen LogP contribution in [0.15, 0.2) is 47.4 Å². The molecule has 0 aliphatic carbocycles. The number of amides is 1. The van der Waals surface area contributed by atoms with Gasteiger partial charge >= 0.3 is 0 Å². The van der Waals surface area contributed by atoms with Crippen molar-refractivity contribution >= 4 is 28.5 Å². The summed E-state index contributed by atoms with van der Waals surface area (Å²) in [4.78, 5) is 12.4. The highest BCUT2D eigenvalue weighted by Gasteiger charge is 2.28. The average molecular weight is 455 g/mol. The number of nitrogens with zero attached hydrogens (tertiary/aromatic N) is 1. The molecule has 1 aliphatic heterocycles. The van der Waals surface area contributed by atoms with Crippen molar-refractivity contribution < 1.29 is 23.7 Å². The number of ether oxygens (including phenoxy) is 2. The minimum absolute atomic E-state index is 0.0138. The summed E-state index contributed by atoms with van der Waals surface area (Å²) in [6.45, 7) is 5.09. The van der Waals surface area contributed by atoms with E-state index in [9.17, 15) is 9.00 Å². The van der Waals surface area contributed by atoms with Crippen LogP contribution >= 0.6 is 11.6 Å². The van der Waals surface area contributed by atoms with E-state index in [0.29, 0.717) is 35.8 Å². The molecule has 1 fully saturated rings. The van der Waals surface area contributed by atoms with Crippen molar-refractivity contribution in [3.8, 4) is 11.5 Å². The summed E-state index contributed by atoms with van der Waals surface area (Å²) in [5.74, 6) is 0.235. The third kappa shape index (κ3) is 5.95. The Balaban J connectivity index is 0.00000155. The number of hydrogen-bond acceptors (Lipinski definition) is 5. The molecule has 2 aromatic rings. The zero-order valence-corrected chi connectivity index (χ0v) is 18.8. The van der Waals surface area contributed by atoms with E-state index in [0.717, 1.165) is 5.75 Å². The van der Waals surface area contributed by atoms with Crippen LogP contribution in [0.4, 0.5) is 0 Å². The molecule has 1 atom stereocenters. The quantitative estimate of drug-likeness (QED) is 0.507. The first-order chi connectivity index (χ1) is 14.5. The molecular weight excluding hydrogens is 428 g/mol. The molecule has 1 heterocycles. The Morgan fingerprint density at radius 2 is 1.80 bits per heavy atom. The SMILES string of the molecule is CC.COc1cccc(S(=O)N2CCC(Oc3ccc(Cl)cc3)CC2)c1C(=O)NO. The van der Waals surface area contributed by atoms with E-state index in [-0.39, 0.29) is 17.4 Å². The number of piperidine rings is 1.